The van der Waals surface area contributed by atoms with Gasteiger partial charge in [0.15, 0.2) is 5.75 Å². The number of nitrogens with zero attached hydrogens (tertiary/aromatic N) is 3. The van der Waals surface area contributed by atoms with Gasteiger partial charge in [-0.05, 0) is 37.1 Å². The van der Waals surface area contributed by atoms with E-state index in [0.29, 0.717) is 18.9 Å². The predicted octanol–water partition coefficient (Wildman–Crippen LogP) is 4.57. The molecule has 1 aliphatic heterocycles. The van der Waals surface area contributed by atoms with Crippen molar-refractivity contribution in [1.82, 2.24) is 4.90 Å². The van der Waals surface area contributed by atoms with Crippen LogP contribution in [0, 0.1) is 21.4 Å². The fourth-order valence-corrected chi connectivity index (χ4v) is 3.81. The van der Waals surface area contributed by atoms with Gasteiger partial charge in [0.1, 0.15) is 11.8 Å². The Kier molecular flexibility index (Phi) is 8.04. The first-order chi connectivity index (χ1) is 17.0. The maximum atomic E-state index is 13.3. The van der Waals surface area contributed by atoms with Crippen molar-refractivity contribution in [1.29, 1.82) is 5.26 Å². The molecule has 9 nitrogen and oxygen atoms in total. The molecule has 0 spiro atoms. The molecule has 0 aromatic heterocycles. The number of alkyl halides is 3. The molecule has 2 aromatic carbocycles. The predicted molar refractivity (Wildman–Crippen MR) is 119 cm³/mol. The number of Topliss-reactive ketones (excluding diaryl/α,β-unsaturated/α-hetero) is 1. The molecular weight excluding hydrogens is 507 g/mol. The summed E-state index contributed by atoms with van der Waals surface area (Å²) in [5.41, 5.74) is -4.27. The lowest BCUT2D eigenvalue weighted by atomic mass is 9.95. The molecule has 0 saturated carbocycles. The summed E-state index contributed by atoms with van der Waals surface area (Å²) in [6.45, 7) is 0.0851. The summed E-state index contributed by atoms with van der Waals surface area (Å²) < 4.78 is 49.3. The minimum Gasteiger partial charge on any atom is -0.492 e. The van der Waals surface area contributed by atoms with E-state index in [2.05, 4.69) is 0 Å². The Morgan fingerprint density at radius 3 is 2.39 bits per heavy atom. The van der Waals surface area contributed by atoms with Gasteiger partial charge in [0.05, 0.1) is 22.1 Å². The summed E-state index contributed by atoms with van der Waals surface area (Å²) in [6.07, 6.45) is -3.91. The molecule has 36 heavy (non-hydrogen) atoms. The maximum absolute atomic E-state index is 13.3. The number of nitriles is 1. The highest BCUT2D eigenvalue weighted by atomic mass is 35.5. The highest BCUT2D eigenvalue weighted by Crippen LogP contribution is 2.35. The van der Waals surface area contributed by atoms with Crippen LogP contribution >= 0.6 is 11.6 Å². The molecule has 1 aliphatic rings. The second-order valence-corrected chi connectivity index (χ2v) is 8.19. The van der Waals surface area contributed by atoms with Gasteiger partial charge >= 0.3 is 17.5 Å². The largest absolute Gasteiger partial charge is 0.492 e. The number of hydrogen-bond donors (Lipinski definition) is 0. The molecule has 1 saturated heterocycles. The van der Waals surface area contributed by atoms with Crippen molar-refractivity contribution in [2.45, 2.75) is 31.0 Å². The number of carbonyl (C=O) groups excluding carboxylic acids is 2. The first-order valence-corrected chi connectivity index (χ1v) is 11.0. The molecule has 1 atom stereocenters. The second kappa shape index (κ2) is 10.8. The van der Waals surface area contributed by atoms with Crippen LogP contribution in [0.5, 0.6) is 11.5 Å². The van der Waals surface area contributed by atoms with Gasteiger partial charge in [0.2, 0.25) is 5.78 Å². The molecule has 1 fully saturated rings. The molecule has 3 rings (SSSR count). The minimum absolute atomic E-state index is 0.148. The first kappa shape index (κ1) is 26.7. The van der Waals surface area contributed by atoms with Gasteiger partial charge < -0.3 is 14.4 Å². The lowest BCUT2D eigenvalue weighted by molar-refractivity contribution is -0.386. The molecule has 0 radical (unpaired) electrons. The third-order valence-corrected chi connectivity index (χ3v) is 5.71. The SMILES string of the molecule is N#CC(Oc1ccccc1[N+](=O)[O-])(C(=O)CCOc1ccc(C(F)(F)F)cc1Cl)C(=O)N1CCCC1. The topological polar surface area (TPSA) is 123 Å². The van der Waals surface area contributed by atoms with E-state index >= 15 is 0 Å². The molecule has 0 bridgehead atoms. The van der Waals surface area contributed by atoms with Gasteiger partial charge in [-0.3, -0.25) is 19.7 Å². The van der Waals surface area contributed by atoms with Crippen molar-refractivity contribution in [2.24, 2.45) is 0 Å². The van der Waals surface area contributed by atoms with Crippen molar-refractivity contribution in [3.63, 3.8) is 0 Å². The summed E-state index contributed by atoms with van der Waals surface area (Å²) in [5.74, 6) is -2.59. The van der Waals surface area contributed by atoms with Crippen LogP contribution in [0.2, 0.25) is 5.02 Å². The molecule has 2 aromatic rings. The van der Waals surface area contributed by atoms with Gasteiger partial charge in [-0.2, -0.15) is 18.4 Å². The average Bonchev–Trinajstić information content (AvgIpc) is 3.37. The molecule has 0 aliphatic carbocycles. The maximum Gasteiger partial charge on any atom is 0.416 e. The lowest BCUT2D eigenvalue weighted by Gasteiger charge is -2.29. The molecular formula is C23H19ClF3N3O6. The average molecular weight is 526 g/mol. The van der Waals surface area contributed by atoms with Crippen molar-refractivity contribution >= 4 is 29.0 Å². The number of amides is 1. The third-order valence-electron chi connectivity index (χ3n) is 5.42. The lowest BCUT2D eigenvalue weighted by Crippen LogP contribution is -2.57. The quantitative estimate of drug-likeness (QED) is 0.267. The van der Waals surface area contributed by atoms with Crippen LogP contribution in [0.15, 0.2) is 42.5 Å². The number of ketones is 1. The van der Waals surface area contributed by atoms with Gasteiger partial charge in [0, 0.05) is 25.6 Å². The van der Waals surface area contributed by atoms with E-state index in [0.717, 1.165) is 24.3 Å². The molecule has 190 valence electrons. The summed E-state index contributed by atoms with van der Waals surface area (Å²) in [7, 11) is 0. The summed E-state index contributed by atoms with van der Waals surface area (Å²) in [4.78, 5) is 38.4. The number of nitro benzene ring substituents is 1. The highest BCUT2D eigenvalue weighted by Gasteiger charge is 2.52. The van der Waals surface area contributed by atoms with E-state index in [1.165, 1.54) is 17.0 Å². The Hall–Kier alpha value is -3.85. The summed E-state index contributed by atoms with van der Waals surface area (Å²) >= 11 is 5.85. The summed E-state index contributed by atoms with van der Waals surface area (Å²) in [5, 5.41) is 21.0. The first-order valence-electron chi connectivity index (χ1n) is 10.7. The zero-order valence-electron chi connectivity index (χ0n) is 18.6. The number of hydrogen-bond acceptors (Lipinski definition) is 7. The van der Waals surface area contributed by atoms with Crippen molar-refractivity contribution in [3.05, 3.63) is 63.2 Å². The fourth-order valence-electron chi connectivity index (χ4n) is 3.58. The Balaban J connectivity index is 1.84. The number of benzene rings is 2. The van der Waals surface area contributed by atoms with Gasteiger partial charge in [-0.25, -0.2) is 0 Å². The Morgan fingerprint density at radius 2 is 1.81 bits per heavy atom. The standard InChI is InChI=1S/C23H19ClF3N3O6/c24-16-13-15(23(25,26)27)7-8-18(16)35-12-9-20(31)22(14-28,21(32)29-10-3-4-11-29)36-19-6-2-1-5-17(19)30(33)34/h1-2,5-8,13H,3-4,9-12H2. The van der Waals surface area contributed by atoms with E-state index in [4.69, 9.17) is 21.1 Å². The van der Waals surface area contributed by atoms with Gasteiger partial charge in [-0.1, -0.05) is 23.7 Å². The highest BCUT2D eigenvalue weighted by molar-refractivity contribution is 6.32. The molecule has 1 heterocycles. The monoisotopic (exact) mass is 525 g/mol. The van der Waals surface area contributed by atoms with E-state index < -0.39 is 58.4 Å². The molecule has 1 amide bonds. The minimum atomic E-state index is -4.61. The number of halogens is 4. The zero-order valence-corrected chi connectivity index (χ0v) is 19.3. The van der Waals surface area contributed by atoms with Crippen LogP contribution in [-0.2, 0) is 15.8 Å². The fraction of sp³-hybridized carbons (Fsp3) is 0.348. The van der Waals surface area contributed by atoms with E-state index in [1.54, 1.807) is 6.07 Å². The second-order valence-electron chi connectivity index (χ2n) is 7.78. The normalized spacial score (nSPS) is 15.0. The smallest absolute Gasteiger partial charge is 0.416 e. The summed E-state index contributed by atoms with van der Waals surface area (Å²) in [6, 6.07) is 8.97. The van der Waals surface area contributed by atoms with E-state index in [1.807, 2.05) is 0 Å². The Bertz CT molecular complexity index is 1210. The third kappa shape index (κ3) is 5.68. The number of likely N-dealkylation sites (tertiary alicyclic amines) is 1. The van der Waals surface area contributed by atoms with Crippen LogP contribution in [0.1, 0.15) is 24.8 Å². The van der Waals surface area contributed by atoms with Crippen LogP contribution in [0.25, 0.3) is 0 Å². The van der Waals surface area contributed by atoms with E-state index in [9.17, 15) is 38.1 Å². The van der Waals surface area contributed by atoms with Crippen LogP contribution in [-0.4, -0.2) is 46.8 Å². The van der Waals surface area contributed by atoms with E-state index in [-0.39, 0.29) is 23.9 Å². The van der Waals surface area contributed by atoms with Crippen molar-refractivity contribution in [2.75, 3.05) is 19.7 Å². The molecule has 1 unspecified atom stereocenters. The molecule has 0 N–H and O–H groups in total. The Morgan fingerprint density at radius 1 is 1.14 bits per heavy atom. The number of ether oxygens (including phenoxy) is 2. The van der Waals surface area contributed by atoms with Crippen LogP contribution in [0.3, 0.4) is 0 Å². The zero-order chi connectivity index (χ0) is 26.5. The van der Waals surface area contributed by atoms with Gasteiger partial charge in [0.25, 0.3) is 5.91 Å². The number of para-hydroxylation sites is 2. The number of nitro groups is 1. The Labute approximate surface area is 208 Å². The van der Waals surface area contributed by atoms with Crippen LogP contribution in [0.4, 0.5) is 18.9 Å². The molecule has 13 heteroatoms. The van der Waals surface area contributed by atoms with Crippen molar-refractivity contribution < 1.29 is 37.2 Å². The number of carbonyl (C=O) groups is 2. The van der Waals surface area contributed by atoms with Crippen molar-refractivity contribution in [3.8, 4) is 17.6 Å². The van der Waals surface area contributed by atoms with Crippen LogP contribution < -0.4 is 9.47 Å². The number of rotatable bonds is 9. The van der Waals surface area contributed by atoms with Gasteiger partial charge in [-0.15, -0.1) is 0 Å².